The molecule has 4 nitrogen and oxygen atoms in total. The Morgan fingerprint density at radius 2 is 1.33 bits per heavy atom. The molecular weight excluding hydrogens is 372 g/mol. The van der Waals surface area contributed by atoms with Crippen molar-refractivity contribution in [3.05, 3.63) is 102 Å². The highest BCUT2D eigenvalue weighted by molar-refractivity contribution is 5.97. The van der Waals surface area contributed by atoms with Gasteiger partial charge in [0.15, 0.2) is 0 Å². The van der Waals surface area contributed by atoms with Crippen molar-refractivity contribution < 1.29 is 9.53 Å². The second-order valence-electron chi connectivity index (χ2n) is 7.63. The van der Waals surface area contributed by atoms with Gasteiger partial charge in [-0.05, 0) is 23.3 Å². The molecule has 4 rings (SSSR count). The summed E-state index contributed by atoms with van der Waals surface area (Å²) in [5, 5.41) is 0. The van der Waals surface area contributed by atoms with Crippen LogP contribution in [0.5, 0.6) is 5.75 Å². The van der Waals surface area contributed by atoms with Crippen molar-refractivity contribution in [3.8, 4) is 5.75 Å². The van der Waals surface area contributed by atoms with Crippen LogP contribution in [0.2, 0.25) is 0 Å². The lowest BCUT2D eigenvalue weighted by molar-refractivity contribution is 0.0624. The Morgan fingerprint density at radius 1 is 0.733 bits per heavy atom. The fraction of sp³-hybridized carbons (Fsp3) is 0.269. The molecular formula is C26H28N2O2. The molecule has 0 radical (unpaired) electrons. The molecule has 0 N–H and O–H groups in total. The zero-order valence-electron chi connectivity index (χ0n) is 17.2. The molecule has 3 aromatic rings. The summed E-state index contributed by atoms with van der Waals surface area (Å²) in [5.41, 5.74) is 3.20. The molecule has 1 saturated heterocycles. The summed E-state index contributed by atoms with van der Waals surface area (Å²) in [4.78, 5) is 17.5. The van der Waals surface area contributed by atoms with Crippen LogP contribution in [0.25, 0.3) is 0 Å². The molecule has 0 aliphatic carbocycles. The Labute approximate surface area is 178 Å². The third-order valence-corrected chi connectivity index (χ3v) is 5.52. The summed E-state index contributed by atoms with van der Waals surface area (Å²) >= 11 is 0. The topological polar surface area (TPSA) is 32.8 Å². The van der Waals surface area contributed by atoms with Crippen molar-refractivity contribution >= 4 is 5.91 Å². The van der Waals surface area contributed by atoms with E-state index in [1.165, 1.54) is 11.1 Å². The van der Waals surface area contributed by atoms with Crippen molar-refractivity contribution in [2.45, 2.75) is 13.0 Å². The first kappa shape index (κ1) is 20.2. The average Bonchev–Trinajstić information content (AvgIpc) is 2.81. The van der Waals surface area contributed by atoms with Gasteiger partial charge in [0.1, 0.15) is 5.75 Å². The van der Waals surface area contributed by atoms with Gasteiger partial charge in [-0.2, -0.15) is 0 Å². The van der Waals surface area contributed by atoms with Gasteiger partial charge in [0, 0.05) is 39.1 Å². The Balaban J connectivity index is 1.32. The van der Waals surface area contributed by atoms with Gasteiger partial charge in [-0.1, -0.05) is 72.8 Å². The number of nitrogens with zero attached hydrogens (tertiary/aromatic N) is 2. The van der Waals surface area contributed by atoms with E-state index in [1.54, 1.807) is 0 Å². The summed E-state index contributed by atoms with van der Waals surface area (Å²) in [6, 6.07) is 28.3. The maximum atomic E-state index is 13.1. The van der Waals surface area contributed by atoms with Crippen LogP contribution in [0.3, 0.4) is 0 Å². The standard InChI is InChI=1S/C26H28N2O2/c29-26(28-18-16-27(17-19-28)21-23-11-5-2-6-12-23)24-13-7-8-14-25(24)30-20-15-22-9-3-1-4-10-22/h1-14H,15-21H2. The lowest BCUT2D eigenvalue weighted by atomic mass is 10.1. The number of piperazine rings is 1. The lowest BCUT2D eigenvalue weighted by Gasteiger charge is -2.35. The van der Waals surface area contributed by atoms with Gasteiger partial charge in [0.05, 0.1) is 12.2 Å². The molecule has 0 saturated carbocycles. The van der Waals surface area contributed by atoms with Gasteiger partial charge in [0.2, 0.25) is 0 Å². The van der Waals surface area contributed by atoms with Crippen LogP contribution in [0.4, 0.5) is 0 Å². The fourth-order valence-electron chi connectivity index (χ4n) is 3.81. The Bertz CT molecular complexity index is 936. The molecule has 0 aromatic heterocycles. The number of amides is 1. The van der Waals surface area contributed by atoms with Crippen LogP contribution >= 0.6 is 0 Å². The van der Waals surface area contributed by atoms with Gasteiger partial charge >= 0.3 is 0 Å². The molecule has 1 aliphatic rings. The van der Waals surface area contributed by atoms with E-state index in [2.05, 4.69) is 41.3 Å². The Morgan fingerprint density at radius 3 is 2.03 bits per heavy atom. The smallest absolute Gasteiger partial charge is 0.257 e. The van der Waals surface area contributed by atoms with Crippen LogP contribution in [-0.2, 0) is 13.0 Å². The molecule has 1 amide bonds. The maximum Gasteiger partial charge on any atom is 0.257 e. The predicted octanol–water partition coefficient (Wildman–Crippen LogP) is 4.27. The highest BCUT2D eigenvalue weighted by Crippen LogP contribution is 2.21. The van der Waals surface area contributed by atoms with E-state index in [-0.39, 0.29) is 5.91 Å². The minimum absolute atomic E-state index is 0.0599. The summed E-state index contributed by atoms with van der Waals surface area (Å²) in [7, 11) is 0. The summed E-state index contributed by atoms with van der Waals surface area (Å²) in [6.45, 7) is 4.74. The zero-order valence-corrected chi connectivity index (χ0v) is 17.2. The molecule has 0 bridgehead atoms. The maximum absolute atomic E-state index is 13.1. The van der Waals surface area contributed by atoms with E-state index in [1.807, 2.05) is 53.4 Å². The molecule has 3 aromatic carbocycles. The predicted molar refractivity (Wildman–Crippen MR) is 120 cm³/mol. The van der Waals surface area contributed by atoms with Gasteiger partial charge in [0.25, 0.3) is 5.91 Å². The van der Waals surface area contributed by atoms with E-state index < -0.39 is 0 Å². The van der Waals surface area contributed by atoms with Crippen LogP contribution in [0.15, 0.2) is 84.9 Å². The number of carbonyl (C=O) groups is 1. The van der Waals surface area contributed by atoms with Gasteiger partial charge in [-0.25, -0.2) is 0 Å². The summed E-state index contributed by atoms with van der Waals surface area (Å²) in [5.74, 6) is 0.731. The van der Waals surface area contributed by atoms with Crippen LogP contribution in [0.1, 0.15) is 21.5 Å². The molecule has 1 fully saturated rings. The van der Waals surface area contributed by atoms with E-state index in [9.17, 15) is 4.79 Å². The largest absolute Gasteiger partial charge is 0.492 e. The fourth-order valence-corrected chi connectivity index (χ4v) is 3.81. The normalized spacial score (nSPS) is 14.5. The lowest BCUT2D eigenvalue weighted by Crippen LogP contribution is -2.48. The minimum atomic E-state index is 0.0599. The third kappa shape index (κ3) is 5.28. The number of para-hydroxylation sites is 1. The SMILES string of the molecule is O=C(c1ccccc1OCCc1ccccc1)N1CCN(Cc2ccccc2)CC1. The first-order valence-corrected chi connectivity index (χ1v) is 10.6. The molecule has 0 atom stereocenters. The van der Waals surface area contributed by atoms with Gasteiger partial charge in [-0.3, -0.25) is 9.69 Å². The second kappa shape index (κ2) is 10.1. The number of ether oxygens (including phenoxy) is 1. The second-order valence-corrected chi connectivity index (χ2v) is 7.63. The van der Waals surface area contributed by atoms with Crippen LogP contribution < -0.4 is 4.74 Å². The quantitative estimate of drug-likeness (QED) is 0.594. The minimum Gasteiger partial charge on any atom is -0.492 e. The number of benzene rings is 3. The molecule has 1 heterocycles. The molecule has 0 spiro atoms. The zero-order chi connectivity index (χ0) is 20.6. The molecule has 154 valence electrons. The third-order valence-electron chi connectivity index (χ3n) is 5.52. The van der Waals surface area contributed by atoms with Gasteiger partial charge < -0.3 is 9.64 Å². The molecule has 1 aliphatic heterocycles. The van der Waals surface area contributed by atoms with Crippen molar-refractivity contribution in [2.75, 3.05) is 32.8 Å². The van der Waals surface area contributed by atoms with Crippen molar-refractivity contribution in [2.24, 2.45) is 0 Å². The van der Waals surface area contributed by atoms with E-state index in [0.29, 0.717) is 17.9 Å². The number of carbonyl (C=O) groups excluding carboxylic acids is 1. The van der Waals surface area contributed by atoms with Crippen molar-refractivity contribution in [1.82, 2.24) is 9.80 Å². The first-order chi connectivity index (χ1) is 14.8. The van der Waals surface area contributed by atoms with E-state index in [4.69, 9.17) is 4.74 Å². The van der Waals surface area contributed by atoms with E-state index >= 15 is 0 Å². The van der Waals surface area contributed by atoms with Crippen LogP contribution in [0, 0.1) is 0 Å². The first-order valence-electron chi connectivity index (χ1n) is 10.6. The molecule has 0 unspecified atom stereocenters. The average molecular weight is 401 g/mol. The summed E-state index contributed by atoms with van der Waals surface area (Å²) < 4.78 is 6.00. The number of hydrogen-bond acceptors (Lipinski definition) is 3. The molecule has 4 heteroatoms. The van der Waals surface area contributed by atoms with Crippen molar-refractivity contribution in [1.29, 1.82) is 0 Å². The number of hydrogen-bond donors (Lipinski definition) is 0. The van der Waals surface area contributed by atoms with E-state index in [0.717, 1.165) is 39.1 Å². The Kier molecular flexibility index (Phi) is 6.78. The van der Waals surface area contributed by atoms with Crippen molar-refractivity contribution in [3.63, 3.8) is 0 Å². The highest BCUT2D eigenvalue weighted by Gasteiger charge is 2.24. The highest BCUT2D eigenvalue weighted by atomic mass is 16.5. The summed E-state index contributed by atoms with van der Waals surface area (Å²) in [6.07, 6.45) is 0.821. The monoisotopic (exact) mass is 400 g/mol. The molecule has 30 heavy (non-hydrogen) atoms. The van der Waals surface area contributed by atoms with Gasteiger partial charge in [-0.15, -0.1) is 0 Å². The number of rotatable bonds is 7. The van der Waals surface area contributed by atoms with Crippen LogP contribution in [-0.4, -0.2) is 48.5 Å². The Hall–Kier alpha value is -3.11.